The summed E-state index contributed by atoms with van der Waals surface area (Å²) in [6.07, 6.45) is 3.36. The van der Waals surface area contributed by atoms with E-state index in [4.69, 9.17) is 0 Å². The second kappa shape index (κ2) is 4.00. The van der Waals surface area contributed by atoms with E-state index < -0.39 is 0 Å². The summed E-state index contributed by atoms with van der Waals surface area (Å²) < 4.78 is 0. The molecule has 1 unspecified atom stereocenters. The largest absolute Gasteiger partial charge is 0.329 e. The number of hydrogen-bond donors (Lipinski definition) is 0. The number of fused-ring (bicyclic) bond motifs is 1. The Balaban J connectivity index is 2.14. The summed E-state index contributed by atoms with van der Waals surface area (Å²) in [4.78, 5) is 36.9. The standard InChI is InChI=1S/C10H14N2O3/c13-6-5-11-7-9(14)12-4-2-1-3-8(12)10(11)15/h6,8H,1-5,7H2. The van der Waals surface area contributed by atoms with E-state index >= 15 is 0 Å². The Morgan fingerprint density at radius 3 is 2.87 bits per heavy atom. The number of piperazine rings is 1. The van der Waals surface area contributed by atoms with Crippen LogP contribution < -0.4 is 0 Å². The highest BCUT2D eigenvalue weighted by Gasteiger charge is 2.39. The van der Waals surface area contributed by atoms with Crippen LogP contribution in [0.5, 0.6) is 0 Å². The van der Waals surface area contributed by atoms with Gasteiger partial charge in [0.2, 0.25) is 11.8 Å². The highest BCUT2D eigenvalue weighted by atomic mass is 16.2. The van der Waals surface area contributed by atoms with Gasteiger partial charge in [-0.05, 0) is 19.3 Å². The van der Waals surface area contributed by atoms with Crippen LogP contribution in [-0.4, -0.2) is 53.6 Å². The highest BCUT2D eigenvalue weighted by Crippen LogP contribution is 2.22. The molecule has 0 aliphatic carbocycles. The number of amides is 2. The third-order valence-electron chi connectivity index (χ3n) is 3.04. The van der Waals surface area contributed by atoms with E-state index in [1.807, 2.05) is 0 Å². The molecule has 0 bridgehead atoms. The molecule has 2 aliphatic heterocycles. The van der Waals surface area contributed by atoms with Gasteiger partial charge in [0.05, 0.1) is 6.54 Å². The summed E-state index contributed by atoms with van der Waals surface area (Å²) in [5.41, 5.74) is 0. The van der Waals surface area contributed by atoms with E-state index in [1.165, 1.54) is 4.90 Å². The number of piperidine rings is 1. The molecule has 2 amide bonds. The summed E-state index contributed by atoms with van der Waals surface area (Å²) >= 11 is 0. The first kappa shape index (κ1) is 10.1. The summed E-state index contributed by atoms with van der Waals surface area (Å²) in [7, 11) is 0. The average Bonchev–Trinajstić information content (AvgIpc) is 2.26. The lowest BCUT2D eigenvalue weighted by Crippen LogP contribution is -2.61. The lowest BCUT2D eigenvalue weighted by Gasteiger charge is -2.42. The molecule has 0 radical (unpaired) electrons. The van der Waals surface area contributed by atoms with Gasteiger partial charge in [0, 0.05) is 6.54 Å². The third kappa shape index (κ3) is 1.73. The monoisotopic (exact) mass is 210 g/mol. The molecular formula is C10H14N2O3. The molecule has 2 saturated heterocycles. The molecule has 0 aromatic rings. The lowest BCUT2D eigenvalue weighted by molar-refractivity contribution is -0.158. The number of rotatable bonds is 2. The summed E-state index contributed by atoms with van der Waals surface area (Å²) in [5, 5.41) is 0. The maximum absolute atomic E-state index is 11.9. The first-order valence-corrected chi connectivity index (χ1v) is 5.26. The molecule has 0 spiro atoms. The number of carbonyl (C=O) groups is 3. The van der Waals surface area contributed by atoms with Gasteiger partial charge in [-0.3, -0.25) is 9.59 Å². The molecule has 5 nitrogen and oxygen atoms in total. The smallest absolute Gasteiger partial charge is 0.246 e. The third-order valence-corrected chi connectivity index (χ3v) is 3.04. The topological polar surface area (TPSA) is 57.7 Å². The zero-order chi connectivity index (χ0) is 10.8. The number of carbonyl (C=O) groups excluding carboxylic acids is 3. The molecule has 5 heteroatoms. The van der Waals surface area contributed by atoms with Crippen molar-refractivity contribution in [2.24, 2.45) is 0 Å². The lowest BCUT2D eigenvalue weighted by atomic mass is 9.98. The predicted molar refractivity (Wildman–Crippen MR) is 52.0 cm³/mol. The van der Waals surface area contributed by atoms with Gasteiger partial charge in [0.15, 0.2) is 0 Å². The van der Waals surface area contributed by atoms with Crippen molar-refractivity contribution in [3.05, 3.63) is 0 Å². The van der Waals surface area contributed by atoms with Crippen LogP contribution in [0, 0.1) is 0 Å². The van der Waals surface area contributed by atoms with Gasteiger partial charge in [0.25, 0.3) is 0 Å². The first-order chi connectivity index (χ1) is 7.24. The van der Waals surface area contributed by atoms with Gasteiger partial charge < -0.3 is 14.6 Å². The Morgan fingerprint density at radius 1 is 1.33 bits per heavy atom. The Kier molecular flexibility index (Phi) is 2.70. The Labute approximate surface area is 88.0 Å². The second-order valence-electron chi connectivity index (χ2n) is 3.98. The van der Waals surface area contributed by atoms with Crippen molar-refractivity contribution < 1.29 is 14.4 Å². The maximum atomic E-state index is 11.9. The SMILES string of the molecule is O=CCN1CC(=O)N2CCCCC2C1=O. The van der Waals surface area contributed by atoms with Crippen LogP contribution in [0.2, 0.25) is 0 Å². The van der Waals surface area contributed by atoms with Gasteiger partial charge >= 0.3 is 0 Å². The van der Waals surface area contributed by atoms with E-state index in [0.717, 1.165) is 19.3 Å². The second-order valence-corrected chi connectivity index (χ2v) is 3.98. The predicted octanol–water partition coefficient (Wildman–Crippen LogP) is -0.591. The van der Waals surface area contributed by atoms with Crippen LogP contribution in [0.15, 0.2) is 0 Å². The van der Waals surface area contributed by atoms with Crippen LogP contribution in [0.4, 0.5) is 0 Å². The first-order valence-electron chi connectivity index (χ1n) is 5.26. The molecule has 0 aromatic carbocycles. The number of hydrogen-bond acceptors (Lipinski definition) is 3. The van der Waals surface area contributed by atoms with Crippen LogP contribution in [-0.2, 0) is 14.4 Å². The van der Waals surface area contributed by atoms with Crippen LogP contribution in [0.25, 0.3) is 0 Å². The van der Waals surface area contributed by atoms with Crippen molar-refractivity contribution in [2.45, 2.75) is 25.3 Å². The van der Waals surface area contributed by atoms with Gasteiger partial charge in [-0.25, -0.2) is 0 Å². The van der Waals surface area contributed by atoms with E-state index in [1.54, 1.807) is 4.90 Å². The van der Waals surface area contributed by atoms with Crippen LogP contribution in [0.1, 0.15) is 19.3 Å². The molecule has 15 heavy (non-hydrogen) atoms. The molecule has 0 aromatic heterocycles. The molecule has 2 fully saturated rings. The molecule has 2 heterocycles. The number of aldehydes is 1. The van der Waals surface area contributed by atoms with Crippen molar-refractivity contribution in [1.82, 2.24) is 9.80 Å². The molecule has 2 rings (SSSR count). The number of nitrogens with zero attached hydrogens (tertiary/aromatic N) is 2. The fourth-order valence-electron chi connectivity index (χ4n) is 2.27. The van der Waals surface area contributed by atoms with Gasteiger partial charge in [-0.2, -0.15) is 0 Å². The minimum Gasteiger partial charge on any atom is -0.329 e. The summed E-state index contributed by atoms with van der Waals surface area (Å²) in [6, 6.07) is -0.306. The van der Waals surface area contributed by atoms with Crippen molar-refractivity contribution in [2.75, 3.05) is 19.6 Å². The minimum absolute atomic E-state index is 0.0267. The van der Waals surface area contributed by atoms with E-state index in [-0.39, 0.29) is 30.9 Å². The Morgan fingerprint density at radius 2 is 2.13 bits per heavy atom. The summed E-state index contributed by atoms with van der Waals surface area (Å²) in [5.74, 6) is -0.0949. The fraction of sp³-hybridized carbons (Fsp3) is 0.700. The normalized spacial score (nSPS) is 26.5. The van der Waals surface area contributed by atoms with Gasteiger partial charge in [0.1, 0.15) is 18.9 Å². The maximum Gasteiger partial charge on any atom is 0.246 e. The van der Waals surface area contributed by atoms with Crippen molar-refractivity contribution in [3.8, 4) is 0 Å². The van der Waals surface area contributed by atoms with Gasteiger partial charge in [-0.1, -0.05) is 0 Å². The molecular weight excluding hydrogens is 196 g/mol. The van der Waals surface area contributed by atoms with Crippen LogP contribution in [0.3, 0.4) is 0 Å². The van der Waals surface area contributed by atoms with E-state index in [0.29, 0.717) is 12.8 Å². The van der Waals surface area contributed by atoms with E-state index in [2.05, 4.69) is 0 Å². The average molecular weight is 210 g/mol. The Bertz CT molecular complexity index is 303. The van der Waals surface area contributed by atoms with E-state index in [9.17, 15) is 14.4 Å². The minimum atomic E-state index is -0.306. The molecule has 82 valence electrons. The molecule has 0 N–H and O–H groups in total. The zero-order valence-corrected chi connectivity index (χ0v) is 8.52. The quantitative estimate of drug-likeness (QED) is 0.572. The van der Waals surface area contributed by atoms with Crippen LogP contribution >= 0.6 is 0 Å². The highest BCUT2D eigenvalue weighted by molar-refractivity contribution is 5.95. The molecule has 0 saturated carbocycles. The molecule has 2 aliphatic rings. The van der Waals surface area contributed by atoms with Gasteiger partial charge in [-0.15, -0.1) is 0 Å². The summed E-state index contributed by atoms with van der Waals surface area (Å²) in [6.45, 7) is 0.785. The Hall–Kier alpha value is -1.39. The fourth-order valence-corrected chi connectivity index (χ4v) is 2.27. The van der Waals surface area contributed by atoms with Crippen molar-refractivity contribution in [1.29, 1.82) is 0 Å². The van der Waals surface area contributed by atoms with Crippen molar-refractivity contribution in [3.63, 3.8) is 0 Å². The van der Waals surface area contributed by atoms with Crippen molar-refractivity contribution >= 4 is 18.1 Å². The zero-order valence-electron chi connectivity index (χ0n) is 8.52. The molecule has 1 atom stereocenters.